The molecule has 1 rings (SSSR count). The largest absolute Gasteiger partial charge is 0.478 e. The first-order chi connectivity index (χ1) is 5.63. The van der Waals surface area contributed by atoms with Crippen LogP contribution in [0.5, 0.6) is 0 Å². The van der Waals surface area contributed by atoms with Crippen LogP contribution in [0.1, 0.15) is 15.9 Å². The molecule has 0 fully saturated rings. The van der Waals surface area contributed by atoms with Crippen molar-refractivity contribution < 1.29 is 9.90 Å². The Hall–Kier alpha value is -0.740. The predicted molar refractivity (Wildman–Crippen MR) is 53.9 cm³/mol. The van der Waals surface area contributed by atoms with Gasteiger partial charge in [0.05, 0.1) is 5.56 Å². The van der Waals surface area contributed by atoms with Gasteiger partial charge in [-0.15, -0.1) is 0 Å². The van der Waals surface area contributed by atoms with E-state index in [0.717, 1.165) is 10.0 Å². The van der Waals surface area contributed by atoms with Crippen molar-refractivity contribution in [1.82, 2.24) is 0 Å². The average Bonchev–Trinajstić information content (AvgIpc) is 2.03. The lowest BCUT2D eigenvalue weighted by Crippen LogP contribution is -1.97. The maximum absolute atomic E-state index is 10.6. The number of carboxylic acid groups (broad SMARTS) is 1. The lowest BCUT2D eigenvalue weighted by molar-refractivity contribution is 0.0697. The molecule has 0 atom stereocenters. The summed E-state index contributed by atoms with van der Waals surface area (Å²) in [6.45, 7) is 0. The van der Waals surface area contributed by atoms with Gasteiger partial charge in [0.2, 0.25) is 0 Å². The molecule has 0 radical (unpaired) electrons. The number of thiocarbonyl (C=S) groups is 1. The van der Waals surface area contributed by atoms with Crippen LogP contribution < -0.4 is 0 Å². The van der Waals surface area contributed by atoms with Gasteiger partial charge in [-0.2, -0.15) is 0 Å². The molecule has 4 heteroatoms. The van der Waals surface area contributed by atoms with E-state index in [1.54, 1.807) is 6.07 Å². The molecule has 1 N–H and O–H groups in total. The minimum absolute atomic E-state index is 0.237. The molecule has 0 saturated carbocycles. The molecule has 1 aromatic carbocycles. The van der Waals surface area contributed by atoms with Gasteiger partial charge in [0.25, 0.3) is 0 Å². The second-order valence-corrected chi connectivity index (χ2v) is 3.35. The van der Waals surface area contributed by atoms with Crippen LogP contribution in [-0.2, 0) is 0 Å². The summed E-state index contributed by atoms with van der Waals surface area (Å²) in [6, 6.07) is 4.82. The smallest absolute Gasteiger partial charge is 0.335 e. The molecule has 0 aromatic heterocycles. The molecule has 0 aliphatic heterocycles. The second kappa shape index (κ2) is 3.78. The van der Waals surface area contributed by atoms with Crippen molar-refractivity contribution in [2.45, 2.75) is 0 Å². The molecule has 0 unspecified atom stereocenters. The zero-order chi connectivity index (χ0) is 9.14. The van der Waals surface area contributed by atoms with E-state index in [9.17, 15) is 4.79 Å². The fourth-order valence-corrected chi connectivity index (χ4v) is 1.45. The van der Waals surface area contributed by atoms with E-state index in [2.05, 4.69) is 28.1 Å². The third kappa shape index (κ3) is 2.12. The van der Waals surface area contributed by atoms with E-state index in [4.69, 9.17) is 5.11 Å². The van der Waals surface area contributed by atoms with E-state index in [1.165, 1.54) is 17.5 Å². The zero-order valence-electron chi connectivity index (χ0n) is 5.95. The molecule has 0 spiro atoms. The Labute approximate surface area is 83.3 Å². The molecule has 0 heterocycles. The van der Waals surface area contributed by atoms with Gasteiger partial charge in [-0.25, -0.2) is 4.79 Å². The van der Waals surface area contributed by atoms with E-state index < -0.39 is 5.97 Å². The van der Waals surface area contributed by atoms with Gasteiger partial charge < -0.3 is 5.11 Å². The normalized spacial score (nSPS) is 9.42. The Bertz CT molecular complexity index is 336. The molecular weight excluding hydrogens is 240 g/mol. The van der Waals surface area contributed by atoms with E-state index >= 15 is 0 Å². The highest BCUT2D eigenvalue weighted by Crippen LogP contribution is 2.14. The Morgan fingerprint density at radius 1 is 1.50 bits per heavy atom. The maximum Gasteiger partial charge on any atom is 0.335 e. The van der Waals surface area contributed by atoms with Gasteiger partial charge in [-0.3, -0.25) is 0 Å². The van der Waals surface area contributed by atoms with Gasteiger partial charge in [0, 0.05) is 9.84 Å². The van der Waals surface area contributed by atoms with Crippen molar-refractivity contribution in [3.8, 4) is 0 Å². The van der Waals surface area contributed by atoms with Crippen LogP contribution in [0, 0.1) is 0 Å². The highest BCUT2D eigenvalue weighted by molar-refractivity contribution is 9.10. The number of carboxylic acids is 1. The molecule has 0 bridgehead atoms. The van der Waals surface area contributed by atoms with Gasteiger partial charge in [0.15, 0.2) is 0 Å². The molecule has 0 aliphatic carbocycles. The monoisotopic (exact) mass is 244 g/mol. The molecule has 62 valence electrons. The topological polar surface area (TPSA) is 37.3 Å². The Kier molecular flexibility index (Phi) is 2.94. The van der Waals surface area contributed by atoms with Crippen LogP contribution >= 0.6 is 28.1 Å². The summed E-state index contributed by atoms with van der Waals surface area (Å²) in [4.78, 5) is 10.6. The summed E-state index contributed by atoms with van der Waals surface area (Å²) in [5, 5.41) is 10.1. The van der Waals surface area contributed by atoms with Crippen LogP contribution in [0.3, 0.4) is 0 Å². The summed E-state index contributed by atoms with van der Waals surface area (Å²) < 4.78 is 0.721. The van der Waals surface area contributed by atoms with Crippen LogP contribution in [0.25, 0.3) is 0 Å². The summed E-state index contributed by atoms with van der Waals surface area (Å²) >= 11 is 7.88. The number of hydrogen-bond donors (Lipinski definition) is 1. The molecule has 0 aliphatic rings. The van der Waals surface area contributed by atoms with Crippen LogP contribution in [-0.4, -0.2) is 16.4 Å². The number of halogens is 1. The molecule has 0 amide bonds. The number of aromatic carboxylic acids is 1. The fraction of sp³-hybridized carbons (Fsp3) is 0. The van der Waals surface area contributed by atoms with Crippen LogP contribution in [0.4, 0.5) is 0 Å². The maximum atomic E-state index is 10.6. The lowest BCUT2D eigenvalue weighted by atomic mass is 10.1. The van der Waals surface area contributed by atoms with Crippen LogP contribution in [0.2, 0.25) is 0 Å². The van der Waals surface area contributed by atoms with Crippen molar-refractivity contribution >= 4 is 39.5 Å². The predicted octanol–water partition coefficient (Wildman–Crippen LogP) is 2.50. The third-order valence-electron chi connectivity index (χ3n) is 1.30. The standard InChI is InChI=1S/C8H5BrO2S/c9-7-2-5(4-12)1-6(3-7)8(10)11/h1-4H,(H,10,11). The number of carbonyl (C=O) groups is 1. The van der Waals surface area contributed by atoms with Gasteiger partial charge in [-0.05, 0) is 23.8 Å². The number of benzene rings is 1. The quantitative estimate of drug-likeness (QED) is 0.813. The van der Waals surface area contributed by atoms with E-state index in [-0.39, 0.29) is 5.56 Å². The Balaban J connectivity index is 3.23. The minimum Gasteiger partial charge on any atom is -0.478 e. The zero-order valence-corrected chi connectivity index (χ0v) is 8.35. The third-order valence-corrected chi connectivity index (χ3v) is 2.03. The first kappa shape index (κ1) is 9.35. The average molecular weight is 245 g/mol. The molecule has 12 heavy (non-hydrogen) atoms. The Morgan fingerprint density at radius 3 is 2.67 bits per heavy atom. The van der Waals surface area contributed by atoms with Gasteiger partial charge in [-0.1, -0.05) is 28.1 Å². The molecule has 1 aromatic rings. The molecule has 0 saturated heterocycles. The first-order valence-corrected chi connectivity index (χ1v) is 4.39. The molecule has 2 nitrogen and oxygen atoms in total. The summed E-state index contributed by atoms with van der Waals surface area (Å²) in [6.07, 6.45) is 0. The SMILES string of the molecule is O=C(O)c1cc(Br)cc(C=S)c1. The Morgan fingerprint density at radius 2 is 2.17 bits per heavy atom. The molecular formula is C8H5BrO2S. The van der Waals surface area contributed by atoms with Gasteiger partial charge >= 0.3 is 5.97 Å². The van der Waals surface area contributed by atoms with E-state index in [1.807, 2.05) is 0 Å². The first-order valence-electron chi connectivity index (χ1n) is 3.12. The van der Waals surface area contributed by atoms with Crippen molar-refractivity contribution in [2.24, 2.45) is 0 Å². The van der Waals surface area contributed by atoms with Crippen molar-refractivity contribution in [2.75, 3.05) is 0 Å². The van der Waals surface area contributed by atoms with Crippen LogP contribution in [0.15, 0.2) is 22.7 Å². The van der Waals surface area contributed by atoms with E-state index in [0.29, 0.717) is 0 Å². The lowest BCUT2D eigenvalue weighted by Gasteiger charge is -1.97. The number of rotatable bonds is 2. The second-order valence-electron chi connectivity index (χ2n) is 2.20. The summed E-state index contributed by atoms with van der Waals surface area (Å²) in [5.74, 6) is -0.950. The summed E-state index contributed by atoms with van der Waals surface area (Å²) in [7, 11) is 0. The summed E-state index contributed by atoms with van der Waals surface area (Å²) in [5.41, 5.74) is 0.956. The van der Waals surface area contributed by atoms with Crippen molar-refractivity contribution in [1.29, 1.82) is 0 Å². The van der Waals surface area contributed by atoms with Crippen molar-refractivity contribution in [3.63, 3.8) is 0 Å². The van der Waals surface area contributed by atoms with Gasteiger partial charge in [0.1, 0.15) is 0 Å². The highest BCUT2D eigenvalue weighted by Gasteiger charge is 2.03. The highest BCUT2D eigenvalue weighted by atomic mass is 79.9. The number of hydrogen-bond acceptors (Lipinski definition) is 2. The fourth-order valence-electron chi connectivity index (χ4n) is 0.804. The minimum atomic E-state index is -0.950. The van der Waals surface area contributed by atoms with Crippen molar-refractivity contribution in [3.05, 3.63) is 33.8 Å².